The molecule has 0 saturated heterocycles. The smallest absolute Gasteiger partial charge is 0.310 e. The summed E-state index contributed by atoms with van der Waals surface area (Å²) in [5.74, 6) is -2.32. The van der Waals surface area contributed by atoms with Crippen molar-refractivity contribution in [3.63, 3.8) is 0 Å². The maximum Gasteiger partial charge on any atom is 0.310 e. The van der Waals surface area contributed by atoms with Crippen LogP contribution in [0.4, 0.5) is 0 Å². The predicted octanol–water partition coefficient (Wildman–Crippen LogP) is 1.07. The van der Waals surface area contributed by atoms with Crippen molar-refractivity contribution in [2.45, 2.75) is 12.8 Å². The summed E-state index contributed by atoms with van der Waals surface area (Å²) in [5, 5.41) is 9.13. The molecule has 0 radical (unpaired) electrons. The van der Waals surface area contributed by atoms with Crippen molar-refractivity contribution in [2.24, 2.45) is 23.7 Å². The highest BCUT2D eigenvalue weighted by molar-refractivity contribution is 5.82. The van der Waals surface area contributed by atoms with Crippen LogP contribution < -0.4 is 0 Å². The highest BCUT2D eigenvalue weighted by atomic mass is 16.5. The van der Waals surface area contributed by atoms with Gasteiger partial charge < -0.3 is 9.84 Å². The Labute approximate surface area is 87.9 Å². The molecular weight excluding hydrogens is 196 g/mol. The van der Waals surface area contributed by atoms with E-state index >= 15 is 0 Å². The van der Waals surface area contributed by atoms with E-state index in [1.807, 2.05) is 12.2 Å². The molecule has 0 amide bonds. The molecule has 0 aromatic heterocycles. The average molecular weight is 210 g/mol. The topological polar surface area (TPSA) is 63.6 Å². The Morgan fingerprint density at radius 1 is 1.20 bits per heavy atom. The average Bonchev–Trinajstić information content (AvgIpc) is 2.28. The van der Waals surface area contributed by atoms with Gasteiger partial charge in [0.15, 0.2) is 0 Å². The lowest BCUT2D eigenvalue weighted by atomic mass is 9.62. The number of esters is 1. The Bertz CT molecular complexity index is 321. The molecular formula is C11H14O4. The summed E-state index contributed by atoms with van der Waals surface area (Å²) in [6.45, 7) is 0. The molecule has 0 aliphatic heterocycles. The van der Waals surface area contributed by atoms with Crippen molar-refractivity contribution in [3.05, 3.63) is 12.2 Å². The fourth-order valence-corrected chi connectivity index (χ4v) is 2.79. The van der Waals surface area contributed by atoms with Gasteiger partial charge in [0, 0.05) is 0 Å². The van der Waals surface area contributed by atoms with Gasteiger partial charge in [0.1, 0.15) is 0 Å². The fourth-order valence-electron chi connectivity index (χ4n) is 2.79. The second-order valence-corrected chi connectivity index (χ2v) is 4.20. The minimum atomic E-state index is -0.885. The van der Waals surface area contributed by atoms with Crippen molar-refractivity contribution < 1.29 is 19.4 Å². The van der Waals surface area contributed by atoms with Gasteiger partial charge in [-0.2, -0.15) is 0 Å². The maximum atomic E-state index is 11.6. The van der Waals surface area contributed by atoms with E-state index in [0.717, 1.165) is 12.8 Å². The third-order valence-corrected chi connectivity index (χ3v) is 3.51. The molecule has 82 valence electrons. The Balaban J connectivity index is 2.30. The van der Waals surface area contributed by atoms with Crippen LogP contribution in [0.2, 0.25) is 0 Å². The lowest BCUT2D eigenvalue weighted by Crippen LogP contribution is -2.45. The number of rotatable bonds is 2. The Morgan fingerprint density at radius 2 is 1.73 bits per heavy atom. The van der Waals surface area contributed by atoms with Crippen molar-refractivity contribution in [2.75, 3.05) is 7.11 Å². The highest BCUT2D eigenvalue weighted by Crippen LogP contribution is 2.45. The van der Waals surface area contributed by atoms with E-state index in [1.165, 1.54) is 7.11 Å². The first kappa shape index (κ1) is 10.2. The summed E-state index contributed by atoms with van der Waals surface area (Å²) in [5.41, 5.74) is 0. The molecule has 0 spiro atoms. The molecule has 3 aliphatic rings. The molecule has 1 saturated carbocycles. The second kappa shape index (κ2) is 3.68. The molecule has 4 unspecified atom stereocenters. The first-order valence-corrected chi connectivity index (χ1v) is 5.14. The monoisotopic (exact) mass is 210 g/mol. The van der Waals surface area contributed by atoms with Crippen molar-refractivity contribution in [3.8, 4) is 0 Å². The zero-order valence-corrected chi connectivity index (χ0v) is 8.55. The molecule has 1 N–H and O–H groups in total. The first-order valence-electron chi connectivity index (χ1n) is 5.14. The van der Waals surface area contributed by atoms with Gasteiger partial charge in [0.2, 0.25) is 0 Å². The van der Waals surface area contributed by atoms with Crippen LogP contribution in [0.15, 0.2) is 12.2 Å². The van der Waals surface area contributed by atoms with Crippen molar-refractivity contribution in [1.29, 1.82) is 0 Å². The number of hydrogen-bond donors (Lipinski definition) is 1. The number of aliphatic carboxylic acids is 1. The van der Waals surface area contributed by atoms with Crippen LogP contribution in [-0.2, 0) is 14.3 Å². The predicted molar refractivity (Wildman–Crippen MR) is 52.0 cm³/mol. The molecule has 4 nitrogen and oxygen atoms in total. The third kappa shape index (κ3) is 1.54. The van der Waals surface area contributed by atoms with Gasteiger partial charge in [-0.05, 0) is 24.7 Å². The van der Waals surface area contributed by atoms with Gasteiger partial charge in [-0.15, -0.1) is 0 Å². The van der Waals surface area contributed by atoms with Crippen LogP contribution in [0.3, 0.4) is 0 Å². The van der Waals surface area contributed by atoms with E-state index in [2.05, 4.69) is 4.74 Å². The van der Waals surface area contributed by atoms with Crippen LogP contribution in [0.5, 0.6) is 0 Å². The van der Waals surface area contributed by atoms with Crippen LogP contribution in [0, 0.1) is 23.7 Å². The van der Waals surface area contributed by atoms with E-state index < -0.39 is 17.8 Å². The second-order valence-electron chi connectivity index (χ2n) is 4.20. The lowest BCUT2D eigenvalue weighted by Gasteiger charge is -2.41. The van der Waals surface area contributed by atoms with E-state index in [1.54, 1.807) is 0 Å². The largest absolute Gasteiger partial charge is 0.481 e. The fraction of sp³-hybridized carbons (Fsp3) is 0.636. The minimum Gasteiger partial charge on any atom is -0.481 e. The normalized spacial score (nSPS) is 37.7. The lowest BCUT2D eigenvalue weighted by molar-refractivity contribution is -0.162. The number of hydrogen-bond acceptors (Lipinski definition) is 3. The van der Waals surface area contributed by atoms with E-state index in [4.69, 9.17) is 5.11 Å². The number of methoxy groups -OCH3 is 1. The standard InChI is InChI=1S/C11H14O4/c1-15-11(14)9-7-4-2-6(3-5-7)8(9)10(12)13/h2,4,6-9H,3,5H2,1H3,(H,12,13). The summed E-state index contributed by atoms with van der Waals surface area (Å²) in [6, 6.07) is 0. The number of ether oxygens (including phenoxy) is 1. The number of carboxylic acid groups (broad SMARTS) is 1. The molecule has 4 heteroatoms. The Morgan fingerprint density at radius 3 is 2.13 bits per heavy atom. The van der Waals surface area contributed by atoms with E-state index in [-0.39, 0.29) is 17.8 Å². The number of carboxylic acids is 1. The van der Waals surface area contributed by atoms with E-state index in [0.29, 0.717) is 0 Å². The highest BCUT2D eigenvalue weighted by Gasteiger charge is 2.48. The van der Waals surface area contributed by atoms with Crippen LogP contribution in [-0.4, -0.2) is 24.2 Å². The molecule has 15 heavy (non-hydrogen) atoms. The summed E-state index contributed by atoms with van der Waals surface area (Å²) < 4.78 is 4.69. The zero-order valence-electron chi connectivity index (χ0n) is 8.55. The Kier molecular flexibility index (Phi) is 2.50. The quantitative estimate of drug-likeness (QED) is 0.547. The number of fused-ring (bicyclic) bond motifs is 2. The molecule has 1 fully saturated rings. The molecule has 0 heterocycles. The third-order valence-electron chi connectivity index (χ3n) is 3.51. The van der Waals surface area contributed by atoms with E-state index in [9.17, 15) is 9.59 Å². The molecule has 2 bridgehead atoms. The van der Waals surface area contributed by atoms with Gasteiger partial charge in [-0.25, -0.2) is 0 Å². The number of carbonyl (C=O) groups excluding carboxylic acids is 1. The summed E-state index contributed by atoms with van der Waals surface area (Å²) in [7, 11) is 1.31. The van der Waals surface area contributed by atoms with Crippen LogP contribution in [0.1, 0.15) is 12.8 Å². The number of allylic oxidation sites excluding steroid dienone is 2. The zero-order chi connectivity index (χ0) is 11.0. The SMILES string of the molecule is COC(=O)C1C2C=CC(CC2)C1C(=O)O. The van der Waals surface area contributed by atoms with Gasteiger partial charge >= 0.3 is 11.9 Å². The van der Waals surface area contributed by atoms with Gasteiger partial charge in [-0.3, -0.25) is 9.59 Å². The summed E-state index contributed by atoms with van der Waals surface area (Å²) >= 11 is 0. The van der Waals surface area contributed by atoms with Gasteiger partial charge in [-0.1, -0.05) is 12.2 Å². The summed E-state index contributed by atoms with van der Waals surface area (Å²) in [6.07, 6.45) is 5.66. The maximum absolute atomic E-state index is 11.6. The molecule has 0 aromatic carbocycles. The molecule has 4 atom stereocenters. The first-order chi connectivity index (χ1) is 7.15. The van der Waals surface area contributed by atoms with Crippen LogP contribution >= 0.6 is 0 Å². The molecule has 0 aromatic rings. The van der Waals surface area contributed by atoms with Crippen molar-refractivity contribution in [1.82, 2.24) is 0 Å². The minimum absolute atomic E-state index is 0.00315. The Hall–Kier alpha value is -1.32. The van der Waals surface area contributed by atoms with Gasteiger partial charge in [0.05, 0.1) is 18.9 Å². The number of carbonyl (C=O) groups is 2. The van der Waals surface area contributed by atoms with Gasteiger partial charge in [0.25, 0.3) is 0 Å². The molecule has 3 aliphatic carbocycles. The van der Waals surface area contributed by atoms with Crippen molar-refractivity contribution >= 4 is 11.9 Å². The summed E-state index contributed by atoms with van der Waals surface area (Å²) in [4.78, 5) is 22.7. The van der Waals surface area contributed by atoms with Crippen LogP contribution in [0.25, 0.3) is 0 Å². The molecule has 3 rings (SSSR count).